The number of nitrogens with one attached hydrogen (secondary N) is 1. The molecule has 0 radical (unpaired) electrons. The molecule has 0 spiro atoms. The maximum atomic E-state index is 5.98. The van der Waals surface area contributed by atoms with Crippen LogP contribution in [0.3, 0.4) is 0 Å². The van der Waals surface area contributed by atoms with Gasteiger partial charge in [-0.3, -0.25) is 0 Å². The summed E-state index contributed by atoms with van der Waals surface area (Å²) in [6.45, 7) is 4.86. The van der Waals surface area contributed by atoms with Crippen molar-refractivity contribution in [3.63, 3.8) is 0 Å². The second kappa shape index (κ2) is 10.8. The van der Waals surface area contributed by atoms with Crippen LogP contribution in [0.15, 0.2) is 66.7 Å². The van der Waals surface area contributed by atoms with Crippen molar-refractivity contribution in [3.05, 3.63) is 83.4 Å². The summed E-state index contributed by atoms with van der Waals surface area (Å²) in [5.74, 6) is 3.14. The maximum Gasteiger partial charge on any atom is 0.231 e. The minimum atomic E-state index is 0. The van der Waals surface area contributed by atoms with Crippen molar-refractivity contribution in [2.24, 2.45) is 0 Å². The van der Waals surface area contributed by atoms with Crippen LogP contribution < -0.4 is 24.3 Å². The quantitative estimate of drug-likeness (QED) is 0.514. The van der Waals surface area contributed by atoms with Gasteiger partial charge < -0.3 is 24.3 Å². The van der Waals surface area contributed by atoms with Crippen molar-refractivity contribution in [3.8, 4) is 23.0 Å². The molecule has 0 amide bonds. The molecule has 3 aromatic rings. The summed E-state index contributed by atoms with van der Waals surface area (Å²) < 4.78 is 22.6. The molecule has 1 heterocycles. The molecule has 6 heteroatoms. The Kier molecular flexibility index (Phi) is 7.82. The van der Waals surface area contributed by atoms with Crippen LogP contribution in [0.5, 0.6) is 23.0 Å². The third kappa shape index (κ3) is 5.59. The number of rotatable bonds is 9. The minimum absolute atomic E-state index is 0. The van der Waals surface area contributed by atoms with Gasteiger partial charge in [0.15, 0.2) is 23.0 Å². The van der Waals surface area contributed by atoms with Gasteiger partial charge in [-0.15, -0.1) is 12.4 Å². The van der Waals surface area contributed by atoms with Crippen LogP contribution in [-0.2, 0) is 19.7 Å². The smallest absolute Gasteiger partial charge is 0.231 e. The van der Waals surface area contributed by atoms with E-state index in [1.807, 2.05) is 55.5 Å². The zero-order valence-corrected chi connectivity index (χ0v) is 17.7. The normalized spacial score (nSPS) is 11.6. The first-order valence-electron chi connectivity index (χ1n) is 9.83. The largest absolute Gasteiger partial charge is 0.490 e. The van der Waals surface area contributed by atoms with Crippen molar-refractivity contribution in [2.75, 3.05) is 13.4 Å². The van der Waals surface area contributed by atoms with Crippen molar-refractivity contribution < 1.29 is 18.9 Å². The average Bonchev–Trinajstić information content (AvgIpc) is 3.22. The monoisotopic (exact) mass is 427 g/mol. The molecule has 3 aromatic carbocycles. The first kappa shape index (κ1) is 21.8. The molecule has 0 saturated heterocycles. The van der Waals surface area contributed by atoms with E-state index in [0.717, 1.165) is 52.8 Å². The highest BCUT2D eigenvalue weighted by atomic mass is 35.5. The van der Waals surface area contributed by atoms with Gasteiger partial charge in [-0.1, -0.05) is 42.5 Å². The van der Waals surface area contributed by atoms with E-state index < -0.39 is 0 Å². The van der Waals surface area contributed by atoms with Gasteiger partial charge in [0.25, 0.3) is 0 Å². The Hall–Kier alpha value is -2.89. The molecule has 1 aliphatic heterocycles. The Bertz CT molecular complexity index is 949. The van der Waals surface area contributed by atoms with Gasteiger partial charge >= 0.3 is 0 Å². The van der Waals surface area contributed by atoms with Crippen LogP contribution in [0.2, 0.25) is 0 Å². The van der Waals surface area contributed by atoms with Gasteiger partial charge in [0.1, 0.15) is 6.61 Å². The summed E-state index contributed by atoms with van der Waals surface area (Å²) in [6.07, 6.45) is 0. The first-order chi connectivity index (χ1) is 14.3. The predicted molar refractivity (Wildman–Crippen MR) is 119 cm³/mol. The zero-order chi connectivity index (χ0) is 19.9. The second-order valence-electron chi connectivity index (χ2n) is 6.78. The van der Waals surface area contributed by atoms with E-state index in [0.29, 0.717) is 20.0 Å². The highest BCUT2D eigenvalue weighted by Gasteiger charge is 2.13. The molecule has 0 saturated carbocycles. The topological polar surface area (TPSA) is 49.0 Å². The van der Waals surface area contributed by atoms with Gasteiger partial charge in [0, 0.05) is 13.1 Å². The Morgan fingerprint density at radius 1 is 0.767 bits per heavy atom. The number of hydrogen-bond acceptors (Lipinski definition) is 5. The van der Waals surface area contributed by atoms with E-state index in [-0.39, 0.29) is 12.4 Å². The molecule has 0 bridgehead atoms. The van der Waals surface area contributed by atoms with Crippen molar-refractivity contribution in [1.29, 1.82) is 0 Å². The van der Waals surface area contributed by atoms with Gasteiger partial charge in [0.05, 0.1) is 6.61 Å². The maximum absolute atomic E-state index is 5.98. The summed E-state index contributed by atoms with van der Waals surface area (Å²) in [4.78, 5) is 0. The summed E-state index contributed by atoms with van der Waals surface area (Å²) in [5.41, 5.74) is 3.42. The van der Waals surface area contributed by atoms with E-state index >= 15 is 0 Å². The zero-order valence-electron chi connectivity index (χ0n) is 16.9. The fourth-order valence-corrected chi connectivity index (χ4v) is 3.19. The van der Waals surface area contributed by atoms with Crippen LogP contribution in [0.25, 0.3) is 0 Å². The molecule has 5 nitrogen and oxygen atoms in total. The molecule has 158 valence electrons. The number of fused-ring (bicyclic) bond motifs is 1. The molecule has 1 N–H and O–H groups in total. The fraction of sp³-hybridized carbons (Fsp3) is 0.250. The molecule has 1 aliphatic rings. The number of benzene rings is 3. The molecule has 0 unspecified atom stereocenters. The lowest BCUT2D eigenvalue weighted by Gasteiger charge is -2.14. The number of halogens is 1. The van der Waals surface area contributed by atoms with Crippen LogP contribution >= 0.6 is 12.4 Å². The van der Waals surface area contributed by atoms with E-state index in [1.165, 1.54) is 0 Å². The van der Waals surface area contributed by atoms with E-state index in [9.17, 15) is 0 Å². The van der Waals surface area contributed by atoms with E-state index in [1.54, 1.807) is 0 Å². The lowest BCUT2D eigenvalue weighted by molar-refractivity contribution is 0.174. The fourth-order valence-electron chi connectivity index (χ4n) is 3.19. The van der Waals surface area contributed by atoms with Crippen LogP contribution in [-0.4, -0.2) is 13.4 Å². The molecular formula is C24H26ClNO4. The van der Waals surface area contributed by atoms with E-state index in [2.05, 4.69) is 23.5 Å². The summed E-state index contributed by atoms with van der Waals surface area (Å²) in [7, 11) is 0. The Labute approximate surface area is 183 Å². The molecule has 4 rings (SSSR count). The molecule has 30 heavy (non-hydrogen) atoms. The number of ether oxygens (including phenoxy) is 4. The molecule has 0 fully saturated rings. The lowest BCUT2D eigenvalue weighted by atomic mass is 10.1. The molecule has 0 aliphatic carbocycles. The summed E-state index contributed by atoms with van der Waals surface area (Å²) in [6, 6.07) is 22.2. The number of hydrogen-bond donors (Lipinski definition) is 1. The van der Waals surface area contributed by atoms with Crippen LogP contribution in [0.1, 0.15) is 23.6 Å². The summed E-state index contributed by atoms with van der Waals surface area (Å²) in [5, 5.41) is 3.46. The van der Waals surface area contributed by atoms with Gasteiger partial charge in [-0.25, -0.2) is 0 Å². The lowest BCUT2D eigenvalue weighted by Crippen LogP contribution is -2.13. The minimum Gasteiger partial charge on any atom is -0.490 e. The summed E-state index contributed by atoms with van der Waals surface area (Å²) >= 11 is 0. The molecular weight excluding hydrogens is 402 g/mol. The third-order valence-corrected chi connectivity index (χ3v) is 4.64. The highest BCUT2D eigenvalue weighted by Crippen LogP contribution is 2.32. The van der Waals surface area contributed by atoms with Gasteiger partial charge in [-0.05, 0) is 47.9 Å². The van der Waals surface area contributed by atoms with Crippen molar-refractivity contribution >= 4 is 12.4 Å². The average molecular weight is 428 g/mol. The van der Waals surface area contributed by atoms with E-state index in [4.69, 9.17) is 18.9 Å². The predicted octanol–water partition coefficient (Wildman–Crippen LogP) is 5.10. The third-order valence-electron chi connectivity index (χ3n) is 4.64. The van der Waals surface area contributed by atoms with Crippen molar-refractivity contribution in [2.45, 2.75) is 26.6 Å². The Morgan fingerprint density at radius 3 is 2.30 bits per heavy atom. The van der Waals surface area contributed by atoms with Crippen molar-refractivity contribution in [1.82, 2.24) is 5.32 Å². The first-order valence-corrected chi connectivity index (χ1v) is 9.83. The van der Waals surface area contributed by atoms with Gasteiger partial charge in [0.2, 0.25) is 6.79 Å². The van der Waals surface area contributed by atoms with Crippen LogP contribution in [0.4, 0.5) is 0 Å². The molecule has 0 aromatic heterocycles. The van der Waals surface area contributed by atoms with Crippen LogP contribution in [0, 0.1) is 0 Å². The second-order valence-corrected chi connectivity index (χ2v) is 6.78. The SMILES string of the molecule is CCOc1cc(CNCc2ccc3c(c2)OCO3)ccc1OCc1ccccc1.Cl. The van der Waals surface area contributed by atoms with Gasteiger partial charge in [-0.2, -0.15) is 0 Å². The molecule has 0 atom stereocenters. The standard InChI is InChI=1S/C24H25NO4.ClH/c1-2-26-23-12-19(8-10-21(23)27-16-18-6-4-3-5-7-18)14-25-15-20-9-11-22-24(13-20)29-17-28-22;/h3-13,25H,2,14-17H2,1H3;1H. The Balaban J connectivity index is 0.00000256. The Morgan fingerprint density at radius 2 is 1.50 bits per heavy atom. The highest BCUT2D eigenvalue weighted by molar-refractivity contribution is 5.85.